The number of rotatable bonds is 1. The standard InChI is InChI=1S/C18H29N3O/c1-20-16(22)18(14-8-3-2-4-9-14)15-10-6-5-7-13(15)11-12-21(18)17(20)19/h13-15,19H,2-12H2,1H3/t13?,15-,18?/m1/s1. The summed E-state index contributed by atoms with van der Waals surface area (Å²) >= 11 is 0. The fourth-order valence-corrected chi connectivity index (χ4v) is 6.15. The third-order valence-corrected chi connectivity index (χ3v) is 7.09. The number of carbonyl (C=O) groups is 1. The molecule has 0 bridgehead atoms. The van der Waals surface area contributed by atoms with Crippen molar-refractivity contribution in [3.8, 4) is 0 Å². The van der Waals surface area contributed by atoms with Crippen LogP contribution in [-0.4, -0.2) is 40.8 Å². The molecule has 4 aliphatic rings. The molecule has 1 N–H and O–H groups in total. The number of hydrogen-bond donors (Lipinski definition) is 1. The van der Waals surface area contributed by atoms with Crippen molar-refractivity contribution in [2.24, 2.45) is 17.8 Å². The maximum Gasteiger partial charge on any atom is 0.255 e. The maximum absolute atomic E-state index is 13.4. The number of nitrogens with zero attached hydrogens (tertiary/aromatic N) is 2. The Kier molecular flexibility index (Phi) is 3.46. The average molecular weight is 303 g/mol. The van der Waals surface area contributed by atoms with Crippen LogP contribution in [0.1, 0.15) is 64.2 Å². The summed E-state index contributed by atoms with van der Waals surface area (Å²) in [6.45, 7) is 0.923. The molecule has 4 rings (SSSR count). The van der Waals surface area contributed by atoms with Gasteiger partial charge in [0.05, 0.1) is 0 Å². The predicted molar refractivity (Wildman–Crippen MR) is 86.6 cm³/mol. The van der Waals surface area contributed by atoms with Gasteiger partial charge in [0.2, 0.25) is 5.96 Å². The smallest absolute Gasteiger partial charge is 0.255 e. The summed E-state index contributed by atoms with van der Waals surface area (Å²) in [6.07, 6.45) is 12.5. The van der Waals surface area contributed by atoms with Crippen LogP contribution < -0.4 is 0 Å². The number of amides is 1. The summed E-state index contributed by atoms with van der Waals surface area (Å²) in [5, 5.41) is 8.49. The zero-order valence-electron chi connectivity index (χ0n) is 13.8. The van der Waals surface area contributed by atoms with E-state index in [0.717, 1.165) is 12.5 Å². The lowest BCUT2D eigenvalue weighted by molar-refractivity contribution is -0.147. The molecule has 4 heteroatoms. The van der Waals surface area contributed by atoms with Gasteiger partial charge in [-0.15, -0.1) is 0 Å². The monoisotopic (exact) mass is 303 g/mol. The van der Waals surface area contributed by atoms with Crippen molar-refractivity contribution in [2.75, 3.05) is 13.6 Å². The fraction of sp³-hybridized carbons (Fsp3) is 0.889. The molecule has 2 saturated heterocycles. The molecule has 2 aliphatic heterocycles. The van der Waals surface area contributed by atoms with Gasteiger partial charge in [0.25, 0.3) is 5.91 Å². The number of hydrogen-bond acceptors (Lipinski definition) is 2. The van der Waals surface area contributed by atoms with E-state index in [4.69, 9.17) is 5.41 Å². The molecule has 0 aromatic carbocycles. The highest BCUT2D eigenvalue weighted by molar-refractivity contribution is 6.08. The molecular weight excluding hydrogens is 274 g/mol. The van der Waals surface area contributed by atoms with Crippen molar-refractivity contribution in [1.29, 1.82) is 5.41 Å². The Hall–Kier alpha value is -1.06. The lowest BCUT2D eigenvalue weighted by Crippen LogP contribution is -2.65. The summed E-state index contributed by atoms with van der Waals surface area (Å²) in [5.74, 6) is 2.41. The quantitative estimate of drug-likeness (QED) is 0.808. The number of likely N-dealkylation sites (N-methyl/N-ethyl adjacent to an activating group) is 1. The first kappa shape index (κ1) is 14.5. The molecule has 4 fully saturated rings. The Morgan fingerprint density at radius 1 is 1.00 bits per heavy atom. The number of carbonyl (C=O) groups excluding carboxylic acids is 1. The molecule has 2 saturated carbocycles. The summed E-state index contributed by atoms with van der Waals surface area (Å²) in [4.78, 5) is 17.3. The van der Waals surface area contributed by atoms with Gasteiger partial charge in [-0.05, 0) is 43.4 Å². The van der Waals surface area contributed by atoms with Crippen molar-refractivity contribution in [1.82, 2.24) is 9.80 Å². The van der Waals surface area contributed by atoms with Crippen LogP contribution in [-0.2, 0) is 4.79 Å². The van der Waals surface area contributed by atoms with Gasteiger partial charge in [0.15, 0.2) is 0 Å². The molecule has 22 heavy (non-hydrogen) atoms. The minimum Gasteiger partial charge on any atom is -0.327 e. The molecule has 0 aromatic heterocycles. The molecule has 1 amide bonds. The normalized spacial score (nSPS) is 39.9. The summed E-state index contributed by atoms with van der Waals surface area (Å²) in [7, 11) is 1.82. The van der Waals surface area contributed by atoms with Crippen molar-refractivity contribution >= 4 is 11.9 Å². The average Bonchev–Trinajstić information content (AvgIpc) is 2.78. The fourth-order valence-electron chi connectivity index (χ4n) is 6.15. The zero-order valence-corrected chi connectivity index (χ0v) is 13.8. The van der Waals surface area contributed by atoms with Crippen LogP contribution in [0.5, 0.6) is 0 Å². The van der Waals surface area contributed by atoms with E-state index >= 15 is 0 Å². The van der Waals surface area contributed by atoms with Crippen molar-refractivity contribution in [2.45, 2.75) is 69.7 Å². The van der Waals surface area contributed by atoms with Crippen LogP contribution in [0.2, 0.25) is 0 Å². The first-order valence-corrected chi connectivity index (χ1v) is 9.31. The third-order valence-electron chi connectivity index (χ3n) is 7.09. The predicted octanol–water partition coefficient (Wildman–Crippen LogP) is 3.22. The molecule has 2 unspecified atom stereocenters. The largest absolute Gasteiger partial charge is 0.327 e. The first-order chi connectivity index (χ1) is 10.7. The summed E-state index contributed by atoms with van der Waals surface area (Å²) in [5.41, 5.74) is -0.352. The van der Waals surface area contributed by atoms with Crippen LogP contribution in [0.15, 0.2) is 0 Å². The molecule has 0 aromatic rings. The zero-order chi connectivity index (χ0) is 15.3. The van der Waals surface area contributed by atoms with Gasteiger partial charge in [-0.3, -0.25) is 15.1 Å². The molecule has 122 valence electrons. The van der Waals surface area contributed by atoms with Gasteiger partial charge < -0.3 is 4.90 Å². The van der Waals surface area contributed by atoms with Gasteiger partial charge in [0.1, 0.15) is 5.54 Å². The van der Waals surface area contributed by atoms with Crippen molar-refractivity contribution < 1.29 is 4.79 Å². The third kappa shape index (κ3) is 1.75. The second-order valence-corrected chi connectivity index (χ2v) is 7.94. The lowest BCUT2D eigenvalue weighted by atomic mass is 9.57. The van der Waals surface area contributed by atoms with Crippen LogP contribution in [0.4, 0.5) is 0 Å². The van der Waals surface area contributed by atoms with E-state index in [0.29, 0.717) is 17.8 Å². The number of piperidine rings is 1. The topological polar surface area (TPSA) is 47.4 Å². The van der Waals surface area contributed by atoms with Gasteiger partial charge in [0, 0.05) is 13.6 Å². The highest BCUT2D eigenvalue weighted by Crippen LogP contribution is 2.54. The maximum atomic E-state index is 13.4. The van der Waals surface area contributed by atoms with Crippen LogP contribution in [0, 0.1) is 23.2 Å². The van der Waals surface area contributed by atoms with Crippen molar-refractivity contribution in [3.63, 3.8) is 0 Å². The Labute approximate surface area is 133 Å². The minimum absolute atomic E-state index is 0.251. The SMILES string of the molecule is CN1C(=N)N2CCC3CCCC[C@H]3C2(C2CCCCC2)C1=O. The van der Waals surface area contributed by atoms with E-state index in [1.807, 2.05) is 7.05 Å². The minimum atomic E-state index is -0.352. The van der Waals surface area contributed by atoms with E-state index in [1.165, 1.54) is 64.2 Å². The van der Waals surface area contributed by atoms with Gasteiger partial charge in [-0.25, -0.2) is 0 Å². The second kappa shape index (κ2) is 5.24. The van der Waals surface area contributed by atoms with E-state index in [2.05, 4.69) is 4.90 Å². The van der Waals surface area contributed by atoms with Crippen molar-refractivity contribution in [3.05, 3.63) is 0 Å². The molecular formula is C18H29N3O. The molecule has 0 spiro atoms. The summed E-state index contributed by atoms with van der Waals surface area (Å²) < 4.78 is 0. The van der Waals surface area contributed by atoms with E-state index in [1.54, 1.807) is 4.90 Å². The molecule has 3 atom stereocenters. The Bertz CT molecular complexity index is 485. The number of guanidine groups is 1. The Morgan fingerprint density at radius 3 is 2.45 bits per heavy atom. The Morgan fingerprint density at radius 2 is 1.68 bits per heavy atom. The molecule has 2 heterocycles. The van der Waals surface area contributed by atoms with Gasteiger partial charge in [-0.2, -0.15) is 0 Å². The number of fused-ring (bicyclic) bond motifs is 3. The summed E-state index contributed by atoms with van der Waals surface area (Å²) in [6, 6.07) is 0. The van der Waals surface area contributed by atoms with Gasteiger partial charge >= 0.3 is 0 Å². The van der Waals surface area contributed by atoms with Crippen LogP contribution >= 0.6 is 0 Å². The number of nitrogens with one attached hydrogen (secondary N) is 1. The van der Waals surface area contributed by atoms with E-state index in [9.17, 15) is 4.79 Å². The highest BCUT2D eigenvalue weighted by atomic mass is 16.2. The van der Waals surface area contributed by atoms with E-state index in [-0.39, 0.29) is 11.4 Å². The van der Waals surface area contributed by atoms with Crippen LogP contribution in [0.25, 0.3) is 0 Å². The highest BCUT2D eigenvalue weighted by Gasteiger charge is 2.65. The van der Waals surface area contributed by atoms with E-state index < -0.39 is 0 Å². The van der Waals surface area contributed by atoms with Gasteiger partial charge in [-0.1, -0.05) is 38.5 Å². The second-order valence-electron chi connectivity index (χ2n) is 7.94. The lowest BCUT2D eigenvalue weighted by Gasteiger charge is -2.55. The first-order valence-electron chi connectivity index (χ1n) is 9.31. The van der Waals surface area contributed by atoms with Crippen LogP contribution in [0.3, 0.4) is 0 Å². The molecule has 4 nitrogen and oxygen atoms in total. The molecule has 0 radical (unpaired) electrons. The Balaban J connectivity index is 1.80. The molecule has 2 aliphatic carbocycles.